The summed E-state index contributed by atoms with van der Waals surface area (Å²) in [6, 6.07) is 13.1. The highest BCUT2D eigenvalue weighted by atomic mass is 35.5. The summed E-state index contributed by atoms with van der Waals surface area (Å²) in [5, 5.41) is 12.0. The molecule has 0 spiro atoms. The second-order valence-electron chi connectivity index (χ2n) is 12.6. The van der Waals surface area contributed by atoms with Gasteiger partial charge in [0.2, 0.25) is 11.8 Å². The van der Waals surface area contributed by atoms with Crippen molar-refractivity contribution in [3.8, 4) is 17.2 Å². The number of likely N-dealkylation sites (tertiary alicyclic amines) is 1. The molecule has 12 nitrogen and oxygen atoms in total. The van der Waals surface area contributed by atoms with Crippen molar-refractivity contribution in [3.63, 3.8) is 0 Å². The fraction of sp³-hybridized carbons (Fsp3) is 0.286. The number of rotatable bonds is 6. The average Bonchev–Trinajstić information content (AvgIpc) is 3.48. The molecule has 15 heteroatoms. The van der Waals surface area contributed by atoms with Crippen LogP contribution in [-0.4, -0.2) is 58.9 Å². The van der Waals surface area contributed by atoms with Crippen LogP contribution in [0.5, 0.6) is 17.2 Å². The number of amides is 6. The lowest BCUT2D eigenvalue weighted by Crippen LogP contribution is -2.53. The molecule has 4 aliphatic rings. The van der Waals surface area contributed by atoms with E-state index in [-0.39, 0.29) is 40.1 Å². The highest BCUT2D eigenvalue weighted by Gasteiger charge is 2.70. The molecule has 0 bridgehead atoms. The van der Waals surface area contributed by atoms with Gasteiger partial charge in [0.25, 0.3) is 11.8 Å². The van der Waals surface area contributed by atoms with Gasteiger partial charge in [-0.15, -0.1) is 0 Å². The van der Waals surface area contributed by atoms with Crippen molar-refractivity contribution in [1.82, 2.24) is 9.91 Å². The minimum absolute atomic E-state index is 0.0112. The van der Waals surface area contributed by atoms with E-state index < -0.39 is 64.7 Å². The Morgan fingerprint density at radius 3 is 2.28 bits per heavy atom. The number of hydrogen-bond acceptors (Lipinski definition) is 9. The number of urea groups is 1. The first-order valence-corrected chi connectivity index (χ1v) is 16.7. The zero-order valence-electron chi connectivity index (χ0n) is 26.5. The average molecular weight is 740 g/mol. The number of carbonyl (C=O) groups excluding carboxylic acids is 5. The van der Waals surface area contributed by atoms with E-state index in [0.29, 0.717) is 32.4 Å². The maximum absolute atomic E-state index is 15.3. The number of nitrogens with one attached hydrogen (secondary N) is 1. The predicted molar refractivity (Wildman–Crippen MR) is 182 cm³/mol. The van der Waals surface area contributed by atoms with Crippen LogP contribution in [0.4, 0.5) is 10.5 Å². The number of imide groups is 4. The molecule has 1 saturated carbocycles. The molecule has 3 aromatic rings. The maximum Gasteiger partial charge on any atom is 0.328 e. The summed E-state index contributed by atoms with van der Waals surface area (Å²) in [5.41, 5.74) is 8.38. The number of carbonyl (C=O) groups is 5. The van der Waals surface area contributed by atoms with Gasteiger partial charge in [0.05, 0.1) is 53.1 Å². The van der Waals surface area contributed by atoms with Crippen molar-refractivity contribution in [3.05, 3.63) is 92.4 Å². The molecule has 7 rings (SSSR count). The van der Waals surface area contributed by atoms with Gasteiger partial charge in [-0.1, -0.05) is 58.6 Å². The second kappa shape index (κ2) is 12.2. The van der Waals surface area contributed by atoms with E-state index in [0.717, 1.165) is 5.01 Å². The summed E-state index contributed by atoms with van der Waals surface area (Å²) in [7, 11) is 2.84. The number of ether oxygens (including phenoxy) is 2. The third-order valence-corrected chi connectivity index (χ3v) is 11.2. The largest absolute Gasteiger partial charge is 0.503 e. The molecule has 3 aromatic carbocycles. The standard InChI is InChI=1S/C35H29Cl3N4O8/c1-49-18-6-3-16(4-7-18)35-22(31(45)42(33(35)47)40-25-10-5-17(36)13-23(25)37)14-21-19(28(35)15-11-24(38)29(43)26(12-15)50-2)8-9-20-27(21)32(46)41(30(20)44)34(39)48/h3-8,10-13,20-22,27-28,40,43H,9,14H2,1-2H3,(H2,39,48). The summed E-state index contributed by atoms with van der Waals surface area (Å²) in [6.07, 6.45) is 1.82. The lowest BCUT2D eigenvalue weighted by atomic mass is 9.49. The van der Waals surface area contributed by atoms with Crippen molar-refractivity contribution in [2.24, 2.45) is 29.4 Å². The molecule has 0 aromatic heterocycles. The first kappa shape index (κ1) is 33.7. The van der Waals surface area contributed by atoms with E-state index in [4.69, 9.17) is 50.0 Å². The Kier molecular flexibility index (Phi) is 8.24. The number of aromatic hydroxyl groups is 1. The summed E-state index contributed by atoms with van der Waals surface area (Å²) in [4.78, 5) is 69.9. The van der Waals surface area contributed by atoms with Crippen LogP contribution in [0.25, 0.3) is 0 Å². The van der Waals surface area contributed by atoms with Gasteiger partial charge in [0.1, 0.15) is 5.75 Å². The Labute approximate surface area is 300 Å². The molecule has 2 aliphatic heterocycles. The van der Waals surface area contributed by atoms with Gasteiger partial charge in [-0.2, -0.15) is 9.91 Å². The Hall–Kier alpha value is -4.78. The molecule has 0 radical (unpaired) electrons. The van der Waals surface area contributed by atoms with E-state index in [1.54, 1.807) is 36.4 Å². The van der Waals surface area contributed by atoms with Gasteiger partial charge in [0, 0.05) is 10.9 Å². The van der Waals surface area contributed by atoms with Crippen molar-refractivity contribution in [2.75, 3.05) is 19.6 Å². The van der Waals surface area contributed by atoms with Crippen molar-refractivity contribution >= 4 is 70.2 Å². The zero-order valence-corrected chi connectivity index (χ0v) is 28.8. The number of fused-ring (bicyclic) bond motifs is 4. The van der Waals surface area contributed by atoms with Gasteiger partial charge in [-0.3, -0.25) is 24.6 Å². The normalized spacial score (nSPS) is 27.1. The number of primary amides is 1. The Morgan fingerprint density at radius 1 is 0.920 bits per heavy atom. The number of anilines is 1. The molecule has 2 aliphatic carbocycles. The number of nitrogens with zero attached hydrogens (tertiary/aromatic N) is 2. The van der Waals surface area contributed by atoms with Crippen LogP contribution in [-0.2, 0) is 24.6 Å². The Morgan fingerprint density at radius 2 is 1.64 bits per heavy atom. The lowest BCUT2D eigenvalue weighted by molar-refractivity contribution is -0.139. The molecule has 258 valence electrons. The molecule has 3 fully saturated rings. The predicted octanol–water partition coefficient (Wildman–Crippen LogP) is 5.43. The second-order valence-corrected chi connectivity index (χ2v) is 13.9. The molecule has 6 atom stereocenters. The quantitative estimate of drug-likeness (QED) is 0.221. The van der Waals surface area contributed by atoms with E-state index >= 15 is 4.79 Å². The fourth-order valence-corrected chi connectivity index (χ4v) is 9.02. The molecule has 50 heavy (non-hydrogen) atoms. The number of hydrazine groups is 1. The highest BCUT2D eigenvalue weighted by Crippen LogP contribution is 2.64. The first-order chi connectivity index (χ1) is 23.8. The van der Waals surface area contributed by atoms with E-state index in [1.807, 2.05) is 0 Å². The maximum atomic E-state index is 15.3. The van der Waals surface area contributed by atoms with E-state index in [1.165, 1.54) is 38.5 Å². The molecular formula is C35H29Cl3N4O8. The number of halogens is 3. The topological polar surface area (TPSA) is 169 Å². The number of hydrogen-bond donors (Lipinski definition) is 3. The van der Waals surface area contributed by atoms with Crippen LogP contribution < -0.4 is 20.6 Å². The smallest absolute Gasteiger partial charge is 0.328 e. The Bertz CT molecular complexity index is 2040. The van der Waals surface area contributed by atoms with Crippen LogP contribution in [0.1, 0.15) is 29.9 Å². The van der Waals surface area contributed by atoms with Gasteiger partial charge in [0.15, 0.2) is 11.5 Å². The lowest BCUT2D eigenvalue weighted by Gasteiger charge is -2.50. The van der Waals surface area contributed by atoms with E-state index in [9.17, 15) is 24.3 Å². The number of nitrogens with two attached hydrogens (primary N) is 1. The molecule has 2 saturated heterocycles. The van der Waals surface area contributed by atoms with Crippen LogP contribution in [0.2, 0.25) is 15.1 Å². The summed E-state index contributed by atoms with van der Waals surface area (Å²) >= 11 is 19.2. The van der Waals surface area contributed by atoms with Gasteiger partial charge < -0.3 is 20.3 Å². The van der Waals surface area contributed by atoms with Crippen LogP contribution in [0.3, 0.4) is 0 Å². The summed E-state index contributed by atoms with van der Waals surface area (Å²) < 4.78 is 10.9. The summed E-state index contributed by atoms with van der Waals surface area (Å²) in [6.45, 7) is 0. The third kappa shape index (κ3) is 4.76. The minimum atomic E-state index is -1.68. The number of phenolic OH excluding ortho intramolecular Hbond substituents is 1. The zero-order chi connectivity index (χ0) is 35.8. The first-order valence-electron chi connectivity index (χ1n) is 15.5. The monoisotopic (exact) mass is 738 g/mol. The van der Waals surface area contributed by atoms with Crippen molar-refractivity contribution in [2.45, 2.75) is 24.2 Å². The number of benzene rings is 3. The van der Waals surface area contributed by atoms with Crippen LogP contribution >= 0.6 is 34.8 Å². The Balaban J connectivity index is 1.50. The number of phenols is 1. The van der Waals surface area contributed by atoms with Crippen molar-refractivity contribution in [1.29, 1.82) is 0 Å². The fourth-order valence-electron chi connectivity index (χ4n) is 8.35. The molecular weight excluding hydrogens is 711 g/mol. The molecule has 2 heterocycles. The number of allylic oxidation sites excluding steroid dienone is 2. The molecule has 6 unspecified atom stereocenters. The molecule has 6 amide bonds. The highest BCUT2D eigenvalue weighted by molar-refractivity contribution is 6.36. The van der Waals surface area contributed by atoms with Gasteiger partial charge >= 0.3 is 6.03 Å². The summed E-state index contributed by atoms with van der Waals surface area (Å²) in [5.74, 6) is -7.38. The van der Waals surface area contributed by atoms with Crippen LogP contribution in [0.15, 0.2) is 66.2 Å². The molecule has 4 N–H and O–H groups in total. The minimum Gasteiger partial charge on any atom is -0.503 e. The van der Waals surface area contributed by atoms with Gasteiger partial charge in [-0.05, 0) is 72.4 Å². The van der Waals surface area contributed by atoms with Crippen molar-refractivity contribution < 1.29 is 38.6 Å². The van der Waals surface area contributed by atoms with Crippen LogP contribution in [0, 0.1) is 23.7 Å². The SMILES string of the molecule is COc1ccc(C23C(=O)N(Nc4ccc(Cl)cc4Cl)C(=O)C2CC2C(=CCC4C(=O)N(C(N)=O)C(=O)C42)C3c2cc(Cl)c(O)c(OC)c2)cc1. The number of methoxy groups -OCH3 is 2. The van der Waals surface area contributed by atoms with Gasteiger partial charge in [-0.25, -0.2) is 4.79 Å². The third-order valence-electron chi connectivity index (χ3n) is 10.4. The van der Waals surface area contributed by atoms with E-state index in [2.05, 4.69) is 5.43 Å².